The molecule has 25 heavy (non-hydrogen) atoms. The van der Waals surface area contributed by atoms with Crippen LogP contribution in [0.5, 0.6) is 5.75 Å². The van der Waals surface area contributed by atoms with E-state index in [4.69, 9.17) is 9.84 Å². The number of benzene rings is 1. The molecule has 0 aliphatic heterocycles. The molecule has 6 heteroatoms. The number of aliphatic carboxylic acids is 2. The van der Waals surface area contributed by atoms with Crippen molar-refractivity contribution in [1.82, 2.24) is 0 Å². The van der Waals surface area contributed by atoms with E-state index in [-0.39, 0.29) is 12.0 Å². The van der Waals surface area contributed by atoms with E-state index in [1.54, 1.807) is 30.3 Å². The molecule has 0 amide bonds. The Kier molecular flexibility index (Phi) is 9.00. The third-order valence-electron chi connectivity index (χ3n) is 3.68. The van der Waals surface area contributed by atoms with Gasteiger partial charge in [-0.15, -0.1) is 0 Å². The van der Waals surface area contributed by atoms with Crippen LogP contribution in [-0.2, 0) is 14.4 Å². The van der Waals surface area contributed by atoms with Gasteiger partial charge in [-0.2, -0.15) is 0 Å². The molecule has 2 N–H and O–H groups in total. The first-order valence-corrected chi connectivity index (χ1v) is 8.35. The molecule has 1 rings (SSSR count). The lowest BCUT2D eigenvalue weighted by molar-refractivity contribution is -0.140. The SMILES string of the molecule is CCCCCCC(CC(=O)Oc1ccccc1)=C(CC(=O)O)C(=O)O. The summed E-state index contributed by atoms with van der Waals surface area (Å²) in [6.07, 6.45) is 3.16. The third-order valence-corrected chi connectivity index (χ3v) is 3.68. The van der Waals surface area contributed by atoms with Crippen molar-refractivity contribution in [2.45, 2.75) is 51.9 Å². The van der Waals surface area contributed by atoms with Gasteiger partial charge in [0.05, 0.1) is 12.8 Å². The van der Waals surface area contributed by atoms with Crippen LogP contribution in [0.2, 0.25) is 0 Å². The average Bonchev–Trinajstić information content (AvgIpc) is 2.56. The summed E-state index contributed by atoms with van der Waals surface area (Å²) in [5.41, 5.74) is 0.0981. The standard InChI is InChI=1S/C19H24O6/c1-2-3-4-6-9-14(16(19(23)24)13-17(20)21)12-18(22)25-15-10-7-5-8-11-15/h5,7-8,10-11H,2-4,6,9,12-13H2,1H3,(H,20,21)(H,23,24). The Morgan fingerprint density at radius 3 is 2.20 bits per heavy atom. The number of unbranched alkanes of at least 4 members (excludes halogenated alkanes) is 3. The zero-order valence-electron chi connectivity index (χ0n) is 14.4. The van der Waals surface area contributed by atoms with Crippen LogP contribution in [0.15, 0.2) is 41.5 Å². The molecule has 0 aromatic heterocycles. The second-order valence-electron chi connectivity index (χ2n) is 5.73. The molecular formula is C19H24O6. The van der Waals surface area contributed by atoms with E-state index in [9.17, 15) is 19.5 Å². The van der Waals surface area contributed by atoms with Crippen molar-refractivity contribution >= 4 is 17.9 Å². The maximum atomic E-state index is 12.1. The topological polar surface area (TPSA) is 101 Å². The van der Waals surface area contributed by atoms with Crippen molar-refractivity contribution in [1.29, 1.82) is 0 Å². The molecule has 0 fully saturated rings. The van der Waals surface area contributed by atoms with Crippen LogP contribution in [0.1, 0.15) is 51.9 Å². The minimum Gasteiger partial charge on any atom is -0.481 e. The predicted octanol–water partition coefficient (Wildman–Crippen LogP) is 3.81. The van der Waals surface area contributed by atoms with Gasteiger partial charge in [0.15, 0.2) is 0 Å². The number of ether oxygens (including phenoxy) is 1. The molecule has 1 aromatic rings. The number of hydrogen-bond donors (Lipinski definition) is 2. The van der Waals surface area contributed by atoms with Crippen molar-refractivity contribution in [3.63, 3.8) is 0 Å². The molecule has 0 spiro atoms. The number of carbonyl (C=O) groups is 3. The number of para-hydroxylation sites is 1. The third kappa shape index (κ3) is 8.15. The summed E-state index contributed by atoms with van der Waals surface area (Å²) in [5, 5.41) is 18.3. The summed E-state index contributed by atoms with van der Waals surface area (Å²) in [7, 11) is 0. The summed E-state index contributed by atoms with van der Waals surface area (Å²) in [5.74, 6) is -2.77. The Labute approximate surface area is 147 Å². The van der Waals surface area contributed by atoms with Gasteiger partial charge in [0, 0.05) is 5.57 Å². The predicted molar refractivity (Wildman–Crippen MR) is 92.4 cm³/mol. The van der Waals surface area contributed by atoms with Gasteiger partial charge in [0.2, 0.25) is 0 Å². The fourth-order valence-electron chi connectivity index (χ4n) is 2.44. The van der Waals surface area contributed by atoms with Gasteiger partial charge in [0.25, 0.3) is 0 Å². The molecule has 136 valence electrons. The average molecular weight is 348 g/mol. The first-order chi connectivity index (χ1) is 11.9. The smallest absolute Gasteiger partial charge is 0.332 e. The number of hydrogen-bond acceptors (Lipinski definition) is 4. The molecule has 0 atom stereocenters. The molecule has 0 saturated heterocycles. The summed E-state index contributed by atoms with van der Waals surface area (Å²) >= 11 is 0. The van der Waals surface area contributed by atoms with E-state index in [0.29, 0.717) is 24.2 Å². The number of carbonyl (C=O) groups excluding carboxylic acids is 1. The van der Waals surface area contributed by atoms with Crippen molar-refractivity contribution in [3.8, 4) is 5.75 Å². The fraction of sp³-hybridized carbons (Fsp3) is 0.421. The molecule has 0 aliphatic carbocycles. The Balaban J connectivity index is 2.89. The number of carboxylic acid groups (broad SMARTS) is 2. The van der Waals surface area contributed by atoms with Crippen LogP contribution in [0, 0.1) is 0 Å². The van der Waals surface area contributed by atoms with Gasteiger partial charge < -0.3 is 14.9 Å². The summed E-state index contributed by atoms with van der Waals surface area (Å²) in [4.78, 5) is 34.5. The maximum absolute atomic E-state index is 12.1. The van der Waals surface area contributed by atoms with Crippen molar-refractivity contribution in [2.24, 2.45) is 0 Å². The highest BCUT2D eigenvalue weighted by molar-refractivity contribution is 5.94. The molecular weight excluding hydrogens is 324 g/mol. The molecule has 0 aliphatic rings. The van der Waals surface area contributed by atoms with Crippen molar-refractivity contribution in [3.05, 3.63) is 41.5 Å². The van der Waals surface area contributed by atoms with E-state index in [2.05, 4.69) is 6.92 Å². The monoisotopic (exact) mass is 348 g/mol. The van der Waals surface area contributed by atoms with E-state index >= 15 is 0 Å². The normalized spacial score (nSPS) is 11.6. The molecule has 6 nitrogen and oxygen atoms in total. The molecule has 0 bridgehead atoms. The highest BCUT2D eigenvalue weighted by Crippen LogP contribution is 2.22. The van der Waals surface area contributed by atoms with Crippen LogP contribution >= 0.6 is 0 Å². The Bertz CT molecular complexity index is 618. The van der Waals surface area contributed by atoms with E-state index < -0.39 is 24.3 Å². The van der Waals surface area contributed by atoms with Gasteiger partial charge in [0.1, 0.15) is 5.75 Å². The quantitative estimate of drug-likeness (QED) is 0.273. The van der Waals surface area contributed by atoms with Gasteiger partial charge >= 0.3 is 17.9 Å². The van der Waals surface area contributed by atoms with Gasteiger partial charge in [-0.1, -0.05) is 44.4 Å². The molecule has 0 heterocycles. The second kappa shape index (κ2) is 11.0. The van der Waals surface area contributed by atoms with E-state index in [1.165, 1.54) is 0 Å². The first kappa shape index (κ1) is 20.4. The summed E-state index contributed by atoms with van der Waals surface area (Å²) < 4.78 is 5.19. The Hall–Kier alpha value is -2.63. The van der Waals surface area contributed by atoms with Crippen LogP contribution < -0.4 is 4.74 Å². The number of carboxylic acids is 2. The maximum Gasteiger partial charge on any atom is 0.332 e. The van der Waals surface area contributed by atoms with Crippen LogP contribution in [-0.4, -0.2) is 28.1 Å². The highest BCUT2D eigenvalue weighted by Gasteiger charge is 2.20. The van der Waals surface area contributed by atoms with Crippen LogP contribution in [0.3, 0.4) is 0 Å². The Morgan fingerprint density at radius 2 is 1.64 bits per heavy atom. The van der Waals surface area contributed by atoms with Gasteiger partial charge in [-0.3, -0.25) is 9.59 Å². The minimum atomic E-state index is -1.31. The molecule has 1 aromatic carbocycles. The lowest BCUT2D eigenvalue weighted by Gasteiger charge is -2.12. The van der Waals surface area contributed by atoms with E-state index in [0.717, 1.165) is 19.3 Å². The first-order valence-electron chi connectivity index (χ1n) is 8.35. The zero-order chi connectivity index (χ0) is 18.7. The number of esters is 1. The Morgan fingerprint density at radius 1 is 0.960 bits per heavy atom. The van der Waals surface area contributed by atoms with Crippen LogP contribution in [0.25, 0.3) is 0 Å². The highest BCUT2D eigenvalue weighted by atomic mass is 16.5. The molecule has 0 radical (unpaired) electrons. The largest absolute Gasteiger partial charge is 0.481 e. The summed E-state index contributed by atoms with van der Waals surface area (Å²) in [6.45, 7) is 2.06. The second-order valence-corrected chi connectivity index (χ2v) is 5.73. The fourth-order valence-corrected chi connectivity index (χ4v) is 2.44. The number of rotatable bonds is 11. The lowest BCUT2D eigenvalue weighted by atomic mass is 9.96. The molecule has 0 unspecified atom stereocenters. The van der Waals surface area contributed by atoms with Crippen molar-refractivity contribution in [2.75, 3.05) is 0 Å². The van der Waals surface area contributed by atoms with Crippen LogP contribution in [0.4, 0.5) is 0 Å². The van der Waals surface area contributed by atoms with Crippen molar-refractivity contribution < 1.29 is 29.3 Å². The minimum absolute atomic E-state index is 0.226. The molecule has 0 saturated carbocycles. The lowest BCUT2D eigenvalue weighted by Crippen LogP contribution is -2.15. The summed E-state index contributed by atoms with van der Waals surface area (Å²) in [6, 6.07) is 8.47. The van der Waals surface area contributed by atoms with Gasteiger partial charge in [-0.05, 0) is 30.5 Å². The zero-order valence-corrected chi connectivity index (χ0v) is 14.4. The van der Waals surface area contributed by atoms with E-state index in [1.807, 2.05) is 0 Å². The van der Waals surface area contributed by atoms with Gasteiger partial charge in [-0.25, -0.2) is 4.79 Å².